The molecule has 0 aliphatic rings. The fraction of sp³-hybridized carbons (Fsp3) is 0.0217. The van der Waals surface area contributed by atoms with Gasteiger partial charge in [-0.3, -0.25) is 28.8 Å². The summed E-state index contributed by atoms with van der Waals surface area (Å²) >= 11 is 19.1. The van der Waals surface area contributed by atoms with Crippen LogP contribution in [0.3, 0.4) is 0 Å². The van der Waals surface area contributed by atoms with Crippen molar-refractivity contribution in [2.75, 3.05) is 10.7 Å². The summed E-state index contributed by atoms with van der Waals surface area (Å²) < 4.78 is 0. The van der Waals surface area contributed by atoms with Gasteiger partial charge in [-0.15, -0.1) is 46.4 Å². The third kappa shape index (κ3) is 16.1. The van der Waals surface area contributed by atoms with E-state index in [9.17, 15) is 0 Å². The zero-order chi connectivity index (χ0) is 71.2. The van der Waals surface area contributed by atoms with Crippen molar-refractivity contribution in [1.82, 2.24) is 0 Å². The minimum Gasteiger partial charge on any atom is -0.289 e. The highest BCUT2D eigenvalue weighted by Gasteiger charge is 2.38. The van der Waals surface area contributed by atoms with E-state index in [1.165, 1.54) is 0 Å². The van der Waals surface area contributed by atoms with Crippen molar-refractivity contribution in [2.24, 2.45) is 0 Å². The van der Waals surface area contributed by atoms with Crippen molar-refractivity contribution in [1.29, 1.82) is 0 Å². The third-order valence-electron chi connectivity index (χ3n) is 17.0. The van der Waals surface area contributed by atoms with Gasteiger partial charge in [0.15, 0.2) is 34.7 Å². The van der Waals surface area contributed by atoms with Crippen LogP contribution in [0.2, 0.25) is 0 Å². The van der Waals surface area contributed by atoms with Gasteiger partial charge in [0.1, 0.15) is 0 Å². The Labute approximate surface area is 613 Å². The largest absolute Gasteiger partial charge is 0.289 e. The third-order valence-corrected chi connectivity index (χ3v) is 17.0. The minimum atomic E-state index is -0.280. The molecule has 6 nitrogen and oxygen atoms in total. The predicted octanol–water partition coefficient (Wildman–Crippen LogP) is 23.6. The smallest absolute Gasteiger partial charge is 0.194 e. The van der Waals surface area contributed by atoms with Crippen LogP contribution in [-0.4, -0.2) is 45.4 Å². The molecule has 0 radical (unpaired) electrons. The van der Waals surface area contributed by atoms with Gasteiger partial charge in [-0.25, -0.2) is 0 Å². The van der Waals surface area contributed by atoms with Crippen LogP contribution in [0.1, 0.15) is 95.5 Å². The molecule has 0 unspecified atom stereocenters. The molecular formula is C92H64Cl4O6. The molecule has 0 atom stereocenters. The van der Waals surface area contributed by atoms with Gasteiger partial charge in [-0.05, 0) is 33.4 Å². The van der Waals surface area contributed by atoms with Crippen molar-refractivity contribution in [3.8, 4) is 66.8 Å². The average molecular weight is 1410 g/mol. The molecule has 0 amide bonds. The summed E-state index contributed by atoms with van der Waals surface area (Å²) in [5.74, 6) is -1.68. The number of alkyl halides is 4. The lowest BCUT2D eigenvalue weighted by atomic mass is 9.74. The molecule has 0 heterocycles. The zero-order valence-electron chi connectivity index (χ0n) is 55.0. The van der Waals surface area contributed by atoms with Crippen LogP contribution in [0, 0.1) is 0 Å². The summed E-state index contributed by atoms with van der Waals surface area (Å²) in [7, 11) is 0. The van der Waals surface area contributed by atoms with Crippen LogP contribution >= 0.6 is 46.4 Å². The molecule has 0 saturated heterocycles. The van der Waals surface area contributed by atoms with Crippen LogP contribution < -0.4 is 0 Å². The number of rotatable bonds is 18. The fourth-order valence-electron chi connectivity index (χ4n) is 12.6. The first-order chi connectivity index (χ1) is 50.1. The molecule has 0 bridgehead atoms. The summed E-state index contributed by atoms with van der Waals surface area (Å²) in [6, 6.07) is 112. The molecular weight excluding hydrogens is 1340 g/mol. The number of carbonyl (C=O) groups is 6. The number of carbonyl (C=O) groups excluding carboxylic acids is 6. The van der Waals surface area contributed by atoms with E-state index < -0.39 is 0 Å². The fourth-order valence-corrected chi connectivity index (χ4v) is 12.6. The molecule has 14 aromatic carbocycles. The second-order valence-corrected chi connectivity index (χ2v) is 24.7. The maximum absolute atomic E-state index is 15.1. The molecule has 14 aromatic rings. The number of benzene rings is 14. The molecule has 10 heteroatoms. The molecule has 0 fully saturated rings. The van der Waals surface area contributed by atoms with Gasteiger partial charge in [0, 0.05) is 100 Å². The molecule has 0 aliphatic heterocycles. The maximum Gasteiger partial charge on any atom is 0.194 e. The Morgan fingerprint density at radius 3 is 0.343 bits per heavy atom. The lowest BCUT2D eigenvalue weighted by molar-refractivity contribution is 0.102. The van der Waals surface area contributed by atoms with Gasteiger partial charge in [-0.2, -0.15) is 0 Å². The Kier molecular flexibility index (Phi) is 24.8. The Morgan fingerprint density at radius 2 is 0.245 bits per heavy atom. The first-order valence-corrected chi connectivity index (χ1v) is 34.9. The minimum absolute atomic E-state index is 0.194. The van der Waals surface area contributed by atoms with E-state index >= 15 is 28.8 Å². The first kappa shape index (κ1) is 71.5. The Balaban J connectivity index is 0.000000190. The van der Waals surface area contributed by atoms with Crippen molar-refractivity contribution in [2.45, 2.75) is 0 Å². The van der Waals surface area contributed by atoms with E-state index in [1.54, 1.807) is 72.8 Å². The van der Waals surface area contributed by atoms with Gasteiger partial charge in [0.2, 0.25) is 0 Å². The van der Waals surface area contributed by atoms with E-state index in [0.29, 0.717) is 134 Å². The molecule has 496 valence electrons. The number of halogens is 4. The molecule has 102 heavy (non-hydrogen) atoms. The Hall–Kier alpha value is -11.7. The van der Waals surface area contributed by atoms with E-state index in [2.05, 4.69) is 0 Å². The highest BCUT2D eigenvalue weighted by molar-refractivity contribution is 6.41. The lowest BCUT2D eigenvalue weighted by Gasteiger charge is -2.26. The van der Waals surface area contributed by atoms with E-state index in [4.69, 9.17) is 46.4 Å². The molecule has 0 aliphatic carbocycles. The second kappa shape index (κ2) is 35.3. The molecule has 14 rings (SSSR count). The van der Waals surface area contributed by atoms with Gasteiger partial charge in [0.25, 0.3) is 0 Å². The standard InChI is InChI=1S/2C45H30O3.2CH2Cl2/c2*46-43(34-25-13-4-14-26-34)40-37(31-19-7-1-8-20-31)41(44(47)35-27-15-5-16-28-35)39(33-23-11-3-12-24-33)42(38(40)32-21-9-2-10-22-32)45(48)36-29-17-6-18-30-36;2*2-1-3/h2*1-30H;2*1H2. The van der Waals surface area contributed by atoms with Crippen LogP contribution in [0.4, 0.5) is 0 Å². The quantitative estimate of drug-likeness (QED) is 0.0626. The van der Waals surface area contributed by atoms with Crippen molar-refractivity contribution < 1.29 is 28.8 Å². The van der Waals surface area contributed by atoms with Crippen molar-refractivity contribution >= 4 is 81.1 Å². The summed E-state index contributed by atoms with van der Waals surface area (Å²) in [4.78, 5) is 90.5. The van der Waals surface area contributed by atoms with Crippen molar-refractivity contribution in [3.05, 3.63) is 431 Å². The van der Waals surface area contributed by atoms with E-state index in [0.717, 1.165) is 0 Å². The second-order valence-electron chi connectivity index (χ2n) is 23.1. The summed E-state index contributed by atoms with van der Waals surface area (Å²) in [5, 5.41) is 0.389. The van der Waals surface area contributed by atoms with Crippen LogP contribution in [-0.2, 0) is 0 Å². The normalized spacial score (nSPS) is 10.5. The van der Waals surface area contributed by atoms with Gasteiger partial charge < -0.3 is 0 Å². The van der Waals surface area contributed by atoms with Crippen LogP contribution in [0.5, 0.6) is 0 Å². The topological polar surface area (TPSA) is 102 Å². The van der Waals surface area contributed by atoms with E-state index in [-0.39, 0.29) is 45.4 Å². The molecule has 0 N–H and O–H groups in total. The Morgan fingerprint density at radius 1 is 0.157 bits per heavy atom. The molecule has 0 spiro atoms. The lowest BCUT2D eigenvalue weighted by Crippen LogP contribution is -2.19. The SMILES string of the molecule is ClCCl.ClCCl.O=C(c1ccccc1)c1c(-c2ccccc2)c(C(=O)c2ccccc2)c(-c2ccccc2)c(C(=O)c2ccccc2)c1-c1ccccc1.O=C(c1ccccc1)c1c(-c2ccccc2)c(C(=O)c2ccccc2)c(-c2ccccc2)c(C(=O)c2ccccc2)c1-c1ccccc1. The number of hydrogen-bond donors (Lipinski definition) is 0. The maximum atomic E-state index is 15.1. The van der Waals surface area contributed by atoms with Gasteiger partial charge in [0.05, 0.1) is 10.7 Å². The summed E-state index contributed by atoms with van der Waals surface area (Å²) in [5.41, 5.74) is 11.7. The van der Waals surface area contributed by atoms with Gasteiger partial charge >= 0.3 is 0 Å². The first-order valence-electron chi connectivity index (χ1n) is 32.7. The highest BCUT2D eigenvalue weighted by Crippen LogP contribution is 2.50. The zero-order valence-corrected chi connectivity index (χ0v) is 58.0. The summed E-state index contributed by atoms with van der Waals surface area (Å²) in [6.07, 6.45) is 0. The van der Waals surface area contributed by atoms with Gasteiger partial charge in [-0.1, -0.05) is 364 Å². The molecule has 0 saturated carbocycles. The number of hydrogen-bond acceptors (Lipinski definition) is 6. The monoisotopic (exact) mass is 1400 g/mol. The average Bonchev–Trinajstić information content (AvgIpc) is 0.724. The molecule has 0 aromatic heterocycles. The van der Waals surface area contributed by atoms with Crippen LogP contribution in [0.15, 0.2) is 364 Å². The Bertz CT molecular complexity index is 4280. The highest BCUT2D eigenvalue weighted by atomic mass is 35.5. The van der Waals surface area contributed by atoms with E-state index in [1.807, 2.05) is 291 Å². The van der Waals surface area contributed by atoms with Crippen molar-refractivity contribution in [3.63, 3.8) is 0 Å². The predicted molar refractivity (Wildman–Crippen MR) is 418 cm³/mol. The summed E-state index contributed by atoms with van der Waals surface area (Å²) in [6.45, 7) is 0. The number of ketones is 6. The van der Waals surface area contributed by atoms with Crippen LogP contribution in [0.25, 0.3) is 66.8 Å².